The zero-order valence-corrected chi connectivity index (χ0v) is 11.0. The SMILES string of the molecule is NC1CCN(C(=O)N2C3CCC2C(C(=O)O)C3)CC1. The zero-order chi connectivity index (χ0) is 13.6. The zero-order valence-electron chi connectivity index (χ0n) is 11.0. The number of piperidine rings is 1. The molecule has 3 aliphatic rings. The summed E-state index contributed by atoms with van der Waals surface area (Å²) in [4.78, 5) is 27.5. The van der Waals surface area contributed by atoms with Gasteiger partial charge in [0.15, 0.2) is 0 Å². The molecular formula is C13H21N3O3. The van der Waals surface area contributed by atoms with Crippen LogP contribution in [-0.4, -0.2) is 58.1 Å². The summed E-state index contributed by atoms with van der Waals surface area (Å²) < 4.78 is 0. The number of carbonyl (C=O) groups excluding carboxylic acids is 1. The predicted molar refractivity (Wildman–Crippen MR) is 68.6 cm³/mol. The molecule has 2 amide bonds. The number of aliphatic carboxylic acids is 1. The van der Waals surface area contributed by atoms with Crippen molar-refractivity contribution in [2.45, 2.75) is 50.2 Å². The highest BCUT2D eigenvalue weighted by Gasteiger charge is 2.52. The minimum absolute atomic E-state index is 0.0307. The molecule has 0 radical (unpaired) electrons. The van der Waals surface area contributed by atoms with Crippen LogP contribution < -0.4 is 5.73 Å². The molecule has 3 fully saturated rings. The molecule has 19 heavy (non-hydrogen) atoms. The second-order valence-corrected chi connectivity index (χ2v) is 5.99. The normalized spacial score (nSPS) is 34.9. The van der Waals surface area contributed by atoms with Gasteiger partial charge in [-0.2, -0.15) is 0 Å². The van der Waals surface area contributed by atoms with Crippen molar-refractivity contribution in [3.63, 3.8) is 0 Å². The van der Waals surface area contributed by atoms with Crippen molar-refractivity contribution in [1.29, 1.82) is 0 Å². The van der Waals surface area contributed by atoms with Gasteiger partial charge >= 0.3 is 12.0 Å². The lowest BCUT2D eigenvalue weighted by Crippen LogP contribution is -2.50. The number of rotatable bonds is 1. The predicted octanol–water partition coefficient (Wildman–Crippen LogP) is 0.467. The maximum atomic E-state index is 12.6. The van der Waals surface area contributed by atoms with Crippen molar-refractivity contribution in [1.82, 2.24) is 9.80 Å². The van der Waals surface area contributed by atoms with E-state index < -0.39 is 5.97 Å². The quantitative estimate of drug-likeness (QED) is 0.723. The molecule has 2 bridgehead atoms. The molecule has 106 valence electrons. The van der Waals surface area contributed by atoms with Gasteiger partial charge in [-0.15, -0.1) is 0 Å². The van der Waals surface area contributed by atoms with Gasteiger partial charge in [0.2, 0.25) is 0 Å². The molecule has 3 heterocycles. The number of carbonyl (C=O) groups is 2. The lowest BCUT2D eigenvalue weighted by molar-refractivity contribution is -0.142. The molecule has 3 aliphatic heterocycles. The summed E-state index contributed by atoms with van der Waals surface area (Å²) in [6.45, 7) is 1.40. The van der Waals surface area contributed by atoms with Crippen LogP contribution >= 0.6 is 0 Å². The number of likely N-dealkylation sites (tertiary alicyclic amines) is 1. The Hall–Kier alpha value is -1.30. The first-order valence-corrected chi connectivity index (χ1v) is 7.13. The van der Waals surface area contributed by atoms with Gasteiger partial charge in [-0.05, 0) is 32.1 Å². The average Bonchev–Trinajstić information content (AvgIpc) is 2.96. The number of nitrogens with two attached hydrogens (primary N) is 1. The van der Waals surface area contributed by atoms with Gasteiger partial charge in [0.25, 0.3) is 0 Å². The highest BCUT2D eigenvalue weighted by molar-refractivity contribution is 5.79. The van der Waals surface area contributed by atoms with Gasteiger partial charge in [-0.1, -0.05) is 0 Å². The van der Waals surface area contributed by atoms with Crippen molar-refractivity contribution >= 4 is 12.0 Å². The van der Waals surface area contributed by atoms with E-state index >= 15 is 0 Å². The maximum Gasteiger partial charge on any atom is 0.320 e. The van der Waals surface area contributed by atoms with Crippen molar-refractivity contribution in [2.75, 3.05) is 13.1 Å². The third kappa shape index (κ3) is 2.08. The van der Waals surface area contributed by atoms with Crippen molar-refractivity contribution < 1.29 is 14.7 Å². The Labute approximate surface area is 112 Å². The second-order valence-electron chi connectivity index (χ2n) is 5.99. The van der Waals surface area contributed by atoms with E-state index in [-0.39, 0.29) is 30.1 Å². The molecular weight excluding hydrogens is 246 g/mol. The van der Waals surface area contributed by atoms with Crippen LogP contribution in [0.15, 0.2) is 0 Å². The number of carboxylic acids is 1. The summed E-state index contributed by atoms with van der Waals surface area (Å²) in [7, 11) is 0. The summed E-state index contributed by atoms with van der Waals surface area (Å²) in [5.41, 5.74) is 5.85. The van der Waals surface area contributed by atoms with Gasteiger partial charge in [-0.25, -0.2) is 4.79 Å². The van der Waals surface area contributed by atoms with Crippen LogP contribution in [0.4, 0.5) is 4.79 Å². The fourth-order valence-electron chi connectivity index (χ4n) is 3.81. The first-order valence-electron chi connectivity index (χ1n) is 7.13. The Balaban J connectivity index is 1.69. The summed E-state index contributed by atoms with van der Waals surface area (Å²) in [5.74, 6) is -1.12. The Morgan fingerprint density at radius 1 is 1.11 bits per heavy atom. The standard InChI is InChI=1S/C13H21N3O3/c14-8-3-5-15(6-4-8)13(19)16-9-1-2-11(16)10(7-9)12(17)18/h8-11H,1-7,14H2,(H,17,18). The number of carboxylic acid groups (broad SMARTS) is 1. The number of nitrogens with zero attached hydrogens (tertiary/aromatic N) is 2. The van der Waals surface area contributed by atoms with E-state index in [2.05, 4.69) is 0 Å². The van der Waals surface area contributed by atoms with Crippen molar-refractivity contribution in [3.05, 3.63) is 0 Å². The van der Waals surface area contributed by atoms with Crippen molar-refractivity contribution in [2.24, 2.45) is 11.7 Å². The average molecular weight is 267 g/mol. The number of amides is 2. The fourth-order valence-corrected chi connectivity index (χ4v) is 3.81. The molecule has 3 saturated heterocycles. The first-order chi connectivity index (χ1) is 9.08. The van der Waals surface area contributed by atoms with Crippen LogP contribution in [0.1, 0.15) is 32.1 Å². The van der Waals surface area contributed by atoms with E-state index in [0.29, 0.717) is 19.5 Å². The van der Waals surface area contributed by atoms with Gasteiger partial charge in [0, 0.05) is 31.2 Å². The lowest BCUT2D eigenvalue weighted by Gasteiger charge is -2.35. The molecule has 0 saturated carbocycles. The van der Waals surface area contributed by atoms with Gasteiger partial charge in [0.1, 0.15) is 0 Å². The van der Waals surface area contributed by atoms with Crippen LogP contribution in [0.5, 0.6) is 0 Å². The fraction of sp³-hybridized carbons (Fsp3) is 0.846. The van der Waals surface area contributed by atoms with E-state index in [1.165, 1.54) is 0 Å². The van der Waals surface area contributed by atoms with E-state index in [1.807, 2.05) is 9.80 Å². The van der Waals surface area contributed by atoms with Crippen LogP contribution in [0.3, 0.4) is 0 Å². The molecule has 3 rings (SSSR count). The Morgan fingerprint density at radius 3 is 2.37 bits per heavy atom. The Morgan fingerprint density at radius 2 is 1.79 bits per heavy atom. The van der Waals surface area contributed by atoms with Crippen LogP contribution in [-0.2, 0) is 4.79 Å². The number of fused-ring (bicyclic) bond motifs is 2. The van der Waals surface area contributed by atoms with E-state index in [0.717, 1.165) is 25.7 Å². The van der Waals surface area contributed by atoms with Crippen LogP contribution in [0, 0.1) is 5.92 Å². The number of urea groups is 1. The van der Waals surface area contributed by atoms with Crippen LogP contribution in [0.2, 0.25) is 0 Å². The maximum absolute atomic E-state index is 12.6. The van der Waals surface area contributed by atoms with Gasteiger partial charge in [-0.3, -0.25) is 4.79 Å². The summed E-state index contributed by atoms with van der Waals surface area (Å²) in [6, 6.07) is 0.272. The molecule has 0 aromatic carbocycles. The minimum Gasteiger partial charge on any atom is -0.481 e. The third-order valence-corrected chi connectivity index (χ3v) is 4.89. The Bertz CT molecular complexity index is 393. The van der Waals surface area contributed by atoms with Gasteiger partial charge < -0.3 is 20.6 Å². The largest absolute Gasteiger partial charge is 0.481 e. The molecule has 0 spiro atoms. The van der Waals surface area contributed by atoms with Gasteiger partial charge in [0.05, 0.1) is 5.92 Å². The topological polar surface area (TPSA) is 86.9 Å². The molecule has 6 heteroatoms. The Kier molecular flexibility index (Phi) is 3.12. The minimum atomic E-state index is -0.759. The monoisotopic (exact) mass is 267 g/mol. The number of hydrogen-bond acceptors (Lipinski definition) is 3. The summed E-state index contributed by atoms with van der Waals surface area (Å²) in [6.07, 6.45) is 4.10. The third-order valence-electron chi connectivity index (χ3n) is 4.89. The van der Waals surface area contributed by atoms with E-state index in [4.69, 9.17) is 5.73 Å². The van der Waals surface area contributed by atoms with E-state index in [1.54, 1.807) is 0 Å². The summed E-state index contributed by atoms with van der Waals surface area (Å²) >= 11 is 0. The van der Waals surface area contributed by atoms with Crippen LogP contribution in [0.25, 0.3) is 0 Å². The smallest absolute Gasteiger partial charge is 0.320 e. The molecule has 3 atom stereocenters. The molecule has 6 nitrogen and oxygen atoms in total. The summed E-state index contributed by atoms with van der Waals surface area (Å²) in [5, 5.41) is 9.21. The number of hydrogen-bond donors (Lipinski definition) is 2. The second kappa shape index (κ2) is 4.67. The molecule has 0 aliphatic carbocycles. The molecule has 3 unspecified atom stereocenters. The first kappa shape index (κ1) is 12.7. The van der Waals surface area contributed by atoms with Crippen molar-refractivity contribution in [3.8, 4) is 0 Å². The lowest BCUT2D eigenvalue weighted by atomic mass is 9.89. The molecule has 3 N–H and O–H groups in total. The highest BCUT2D eigenvalue weighted by atomic mass is 16.4. The highest BCUT2D eigenvalue weighted by Crippen LogP contribution is 2.42. The molecule has 0 aromatic rings. The molecule has 0 aromatic heterocycles. The van der Waals surface area contributed by atoms with E-state index in [9.17, 15) is 14.7 Å².